The minimum Gasteiger partial charge on any atom is -0.352 e. The van der Waals surface area contributed by atoms with Crippen molar-refractivity contribution < 1.29 is 0 Å². The van der Waals surface area contributed by atoms with Gasteiger partial charge in [0.05, 0.1) is 12.2 Å². The van der Waals surface area contributed by atoms with Crippen molar-refractivity contribution in [1.29, 1.82) is 0 Å². The lowest BCUT2D eigenvalue weighted by Crippen LogP contribution is -2.46. The van der Waals surface area contributed by atoms with Crippen LogP contribution in [0.5, 0.6) is 0 Å². The average Bonchev–Trinajstić information content (AvgIpc) is 2.86. The van der Waals surface area contributed by atoms with Crippen molar-refractivity contribution in [3.8, 4) is 0 Å². The summed E-state index contributed by atoms with van der Waals surface area (Å²) in [6.45, 7) is 11.8. The smallest absolute Gasteiger partial charge is 0.191 e. The van der Waals surface area contributed by atoms with Gasteiger partial charge in [0.15, 0.2) is 5.96 Å². The van der Waals surface area contributed by atoms with Crippen molar-refractivity contribution in [2.24, 2.45) is 10.9 Å². The van der Waals surface area contributed by atoms with E-state index in [0.29, 0.717) is 24.5 Å². The summed E-state index contributed by atoms with van der Waals surface area (Å²) in [7, 11) is 1.82. The summed E-state index contributed by atoms with van der Waals surface area (Å²) in [6, 6.07) is 5.09. The van der Waals surface area contributed by atoms with Crippen LogP contribution in [0.3, 0.4) is 0 Å². The monoisotopic (exact) mass is 303 g/mol. The molecule has 2 atom stereocenters. The molecule has 5 heteroatoms. The lowest BCUT2D eigenvalue weighted by Gasteiger charge is -2.22. The Labute approximate surface area is 134 Å². The second-order valence-corrected chi connectivity index (χ2v) is 6.47. The van der Waals surface area contributed by atoms with Gasteiger partial charge in [0.1, 0.15) is 0 Å². The number of rotatable bonds is 4. The molecule has 22 heavy (non-hydrogen) atoms. The Hall–Kier alpha value is -1.62. The summed E-state index contributed by atoms with van der Waals surface area (Å²) >= 11 is 0. The lowest BCUT2D eigenvalue weighted by atomic mass is 10.1. The third-order valence-electron chi connectivity index (χ3n) is 4.46. The topological polar surface area (TPSA) is 52.6 Å². The second-order valence-electron chi connectivity index (χ2n) is 6.47. The summed E-state index contributed by atoms with van der Waals surface area (Å²) in [5.41, 5.74) is 2.26. The van der Waals surface area contributed by atoms with Crippen LogP contribution in [-0.2, 0) is 6.54 Å². The molecule has 0 bridgehead atoms. The van der Waals surface area contributed by atoms with Gasteiger partial charge in [-0.05, 0) is 38.3 Å². The number of hydrogen-bond acceptors (Lipinski definition) is 3. The van der Waals surface area contributed by atoms with Crippen molar-refractivity contribution >= 4 is 5.96 Å². The lowest BCUT2D eigenvalue weighted by molar-refractivity contribution is 0.265. The van der Waals surface area contributed by atoms with E-state index in [1.54, 1.807) is 0 Å². The number of aliphatic imine (C=N–C) groups is 1. The van der Waals surface area contributed by atoms with E-state index in [-0.39, 0.29) is 0 Å². The third-order valence-corrected chi connectivity index (χ3v) is 4.46. The van der Waals surface area contributed by atoms with Crippen molar-refractivity contribution in [3.05, 3.63) is 29.6 Å². The van der Waals surface area contributed by atoms with Gasteiger partial charge in [-0.1, -0.05) is 13.0 Å². The molecule has 0 aromatic carbocycles. The minimum atomic E-state index is 0.443. The first-order valence-electron chi connectivity index (χ1n) is 8.13. The van der Waals surface area contributed by atoms with Gasteiger partial charge in [0, 0.05) is 38.4 Å². The number of pyridine rings is 1. The summed E-state index contributed by atoms with van der Waals surface area (Å²) in [5.74, 6) is 1.48. The quantitative estimate of drug-likeness (QED) is 0.658. The zero-order valence-corrected chi connectivity index (χ0v) is 14.4. The van der Waals surface area contributed by atoms with E-state index in [4.69, 9.17) is 0 Å². The van der Waals surface area contributed by atoms with Crippen LogP contribution in [0.4, 0.5) is 0 Å². The number of guanidine groups is 1. The molecule has 1 aromatic heterocycles. The summed E-state index contributed by atoms with van der Waals surface area (Å²) in [5, 5.41) is 6.94. The summed E-state index contributed by atoms with van der Waals surface area (Å²) in [6.07, 6.45) is 1.83. The standard InChI is InChI=1S/C17H29N5/c1-12(2)22-10-14(4)16(11-22)21-17(18-5)20-9-15-13(3)7-6-8-19-15/h6-8,12,14,16H,9-11H2,1-5H3,(H2,18,20,21). The second kappa shape index (κ2) is 7.58. The molecule has 2 heterocycles. The van der Waals surface area contributed by atoms with Gasteiger partial charge in [-0.3, -0.25) is 14.9 Å². The van der Waals surface area contributed by atoms with Crippen LogP contribution in [0, 0.1) is 12.8 Å². The Bertz CT molecular complexity index is 512. The molecule has 1 saturated heterocycles. The first-order valence-corrected chi connectivity index (χ1v) is 8.13. The van der Waals surface area contributed by atoms with Gasteiger partial charge in [0.2, 0.25) is 0 Å². The molecular weight excluding hydrogens is 274 g/mol. The highest BCUT2D eigenvalue weighted by Crippen LogP contribution is 2.18. The molecule has 1 aliphatic heterocycles. The number of nitrogens with zero attached hydrogens (tertiary/aromatic N) is 3. The van der Waals surface area contributed by atoms with Crippen LogP contribution in [0.2, 0.25) is 0 Å². The number of aryl methyl sites for hydroxylation is 1. The third kappa shape index (κ3) is 4.19. The molecule has 122 valence electrons. The van der Waals surface area contributed by atoms with Gasteiger partial charge >= 0.3 is 0 Å². The van der Waals surface area contributed by atoms with Crippen LogP contribution in [0.15, 0.2) is 23.3 Å². The fourth-order valence-electron chi connectivity index (χ4n) is 2.85. The highest BCUT2D eigenvalue weighted by atomic mass is 15.3. The fraction of sp³-hybridized carbons (Fsp3) is 0.647. The molecule has 2 rings (SSSR count). The highest BCUT2D eigenvalue weighted by Gasteiger charge is 2.31. The predicted molar refractivity (Wildman–Crippen MR) is 92.0 cm³/mol. The molecule has 1 aliphatic rings. The van der Waals surface area contributed by atoms with E-state index in [0.717, 1.165) is 24.7 Å². The number of nitrogens with one attached hydrogen (secondary N) is 2. The van der Waals surface area contributed by atoms with Crippen molar-refractivity contribution in [2.75, 3.05) is 20.1 Å². The molecule has 0 spiro atoms. The Morgan fingerprint density at radius 1 is 1.45 bits per heavy atom. The van der Waals surface area contributed by atoms with Crippen LogP contribution in [0.1, 0.15) is 32.0 Å². The van der Waals surface area contributed by atoms with Gasteiger partial charge in [0.25, 0.3) is 0 Å². The van der Waals surface area contributed by atoms with E-state index in [1.165, 1.54) is 5.56 Å². The van der Waals surface area contributed by atoms with Gasteiger partial charge in [-0.2, -0.15) is 0 Å². The number of hydrogen-bond donors (Lipinski definition) is 2. The summed E-state index contributed by atoms with van der Waals surface area (Å²) < 4.78 is 0. The number of aromatic nitrogens is 1. The SMILES string of the molecule is CN=C(NCc1ncccc1C)NC1CN(C(C)C)CC1C. The van der Waals surface area contributed by atoms with E-state index in [2.05, 4.69) is 59.3 Å². The average molecular weight is 303 g/mol. The first kappa shape index (κ1) is 16.7. The van der Waals surface area contributed by atoms with Crippen molar-refractivity contribution in [1.82, 2.24) is 20.5 Å². The maximum absolute atomic E-state index is 4.41. The van der Waals surface area contributed by atoms with Crippen molar-refractivity contribution in [3.63, 3.8) is 0 Å². The maximum atomic E-state index is 4.41. The maximum Gasteiger partial charge on any atom is 0.191 e. The highest BCUT2D eigenvalue weighted by molar-refractivity contribution is 5.80. The summed E-state index contributed by atoms with van der Waals surface area (Å²) in [4.78, 5) is 11.3. The normalized spacial score (nSPS) is 23.1. The van der Waals surface area contributed by atoms with Gasteiger partial charge in [-0.25, -0.2) is 0 Å². The Morgan fingerprint density at radius 2 is 2.23 bits per heavy atom. The molecule has 0 saturated carbocycles. The van der Waals surface area contributed by atoms with Gasteiger partial charge < -0.3 is 10.6 Å². The van der Waals surface area contributed by atoms with Crippen LogP contribution < -0.4 is 10.6 Å². The Morgan fingerprint density at radius 3 is 2.82 bits per heavy atom. The first-order chi connectivity index (χ1) is 10.5. The van der Waals surface area contributed by atoms with Crippen LogP contribution in [0.25, 0.3) is 0 Å². The van der Waals surface area contributed by atoms with Crippen molar-refractivity contribution in [2.45, 2.75) is 46.3 Å². The molecule has 5 nitrogen and oxygen atoms in total. The Kier molecular flexibility index (Phi) is 5.77. The van der Waals surface area contributed by atoms with E-state index >= 15 is 0 Å². The van der Waals surface area contributed by atoms with Gasteiger partial charge in [-0.15, -0.1) is 0 Å². The zero-order valence-electron chi connectivity index (χ0n) is 14.4. The largest absolute Gasteiger partial charge is 0.352 e. The molecule has 0 aliphatic carbocycles. The Balaban J connectivity index is 1.89. The predicted octanol–water partition coefficient (Wildman–Crippen LogP) is 1.78. The van der Waals surface area contributed by atoms with E-state index in [1.807, 2.05) is 19.3 Å². The van der Waals surface area contributed by atoms with Crippen LogP contribution in [-0.4, -0.2) is 48.1 Å². The fourth-order valence-corrected chi connectivity index (χ4v) is 2.85. The van der Waals surface area contributed by atoms with Crippen LogP contribution >= 0.6 is 0 Å². The van der Waals surface area contributed by atoms with E-state index < -0.39 is 0 Å². The minimum absolute atomic E-state index is 0.443. The molecule has 0 radical (unpaired) electrons. The molecule has 1 fully saturated rings. The molecular formula is C17H29N5. The number of likely N-dealkylation sites (tertiary alicyclic amines) is 1. The van der Waals surface area contributed by atoms with E-state index in [9.17, 15) is 0 Å². The molecule has 1 aromatic rings. The molecule has 2 unspecified atom stereocenters. The molecule has 2 N–H and O–H groups in total. The molecule has 0 amide bonds. The zero-order chi connectivity index (χ0) is 16.1.